The van der Waals surface area contributed by atoms with E-state index in [1.54, 1.807) is 0 Å². The average Bonchev–Trinajstić information content (AvgIpc) is 2.61. The smallest absolute Gasteiger partial charge is 0.152 e. The summed E-state index contributed by atoms with van der Waals surface area (Å²) in [4.78, 5) is 14.2. The predicted molar refractivity (Wildman–Crippen MR) is 80.0 cm³/mol. The van der Waals surface area contributed by atoms with Gasteiger partial charge in [-0.15, -0.1) is 0 Å². The maximum atomic E-state index is 11.9. The minimum atomic E-state index is 0.354. The summed E-state index contributed by atoms with van der Waals surface area (Å²) in [5.74, 6) is 0.357. The van der Waals surface area contributed by atoms with Gasteiger partial charge in [0, 0.05) is 12.1 Å². The van der Waals surface area contributed by atoms with Crippen molar-refractivity contribution >= 4 is 11.5 Å². The van der Waals surface area contributed by atoms with E-state index in [0.717, 1.165) is 12.8 Å². The largest absolute Gasteiger partial charge is 0.357 e. The fourth-order valence-corrected chi connectivity index (χ4v) is 3.58. The summed E-state index contributed by atoms with van der Waals surface area (Å²) in [7, 11) is 0. The number of hydrogen-bond acceptors (Lipinski definition) is 2. The second kappa shape index (κ2) is 4.48. The van der Waals surface area contributed by atoms with Crippen LogP contribution in [0.4, 0.5) is 5.69 Å². The Bertz CT molecular complexity index is 677. The van der Waals surface area contributed by atoms with Crippen LogP contribution in [0.25, 0.3) is 0 Å². The maximum Gasteiger partial charge on any atom is 0.152 e. The molecule has 0 bridgehead atoms. The molecule has 4 rings (SSSR count). The number of para-hydroxylation sites is 1. The maximum absolute atomic E-state index is 11.9. The molecule has 2 aliphatic heterocycles. The molecule has 100 valence electrons. The zero-order valence-corrected chi connectivity index (χ0v) is 11.4. The Morgan fingerprint density at radius 2 is 1.70 bits per heavy atom. The van der Waals surface area contributed by atoms with Gasteiger partial charge in [0.05, 0.1) is 12.6 Å². The molecule has 1 fully saturated rings. The normalized spacial score (nSPS) is 20.7. The van der Waals surface area contributed by atoms with E-state index >= 15 is 0 Å². The number of fused-ring (bicyclic) bond motifs is 5. The second-order valence-electron chi connectivity index (χ2n) is 5.73. The Morgan fingerprint density at radius 3 is 2.60 bits per heavy atom. The number of nitrogens with zero attached hydrogens (tertiary/aromatic N) is 1. The first kappa shape index (κ1) is 11.7. The number of anilines is 1. The molecule has 2 aliphatic rings. The van der Waals surface area contributed by atoms with E-state index in [-0.39, 0.29) is 0 Å². The number of carbonyl (C=O) groups excluding carboxylic acids is 1. The summed E-state index contributed by atoms with van der Waals surface area (Å²) in [6.45, 7) is 0.552. The highest BCUT2D eigenvalue weighted by molar-refractivity contribution is 5.86. The highest BCUT2D eigenvalue weighted by Crippen LogP contribution is 2.41. The van der Waals surface area contributed by atoms with Crippen molar-refractivity contribution < 1.29 is 4.79 Å². The molecule has 2 heteroatoms. The second-order valence-corrected chi connectivity index (χ2v) is 5.73. The average molecular weight is 263 g/mol. The van der Waals surface area contributed by atoms with Crippen molar-refractivity contribution in [2.24, 2.45) is 0 Å². The Balaban J connectivity index is 1.92. The van der Waals surface area contributed by atoms with Gasteiger partial charge in [-0.25, -0.2) is 0 Å². The van der Waals surface area contributed by atoms with Crippen molar-refractivity contribution in [3.63, 3.8) is 0 Å². The summed E-state index contributed by atoms with van der Waals surface area (Å²) < 4.78 is 0. The zero-order chi connectivity index (χ0) is 13.5. The van der Waals surface area contributed by atoms with Gasteiger partial charge in [-0.05, 0) is 35.6 Å². The van der Waals surface area contributed by atoms with E-state index in [2.05, 4.69) is 53.4 Å². The fraction of sp³-hybridized carbons (Fsp3) is 0.278. The van der Waals surface area contributed by atoms with Crippen LogP contribution in [-0.2, 0) is 11.2 Å². The molecule has 1 unspecified atom stereocenters. The van der Waals surface area contributed by atoms with Crippen LogP contribution < -0.4 is 4.90 Å². The molecule has 2 nitrogen and oxygen atoms in total. The van der Waals surface area contributed by atoms with Gasteiger partial charge in [0.1, 0.15) is 0 Å². The van der Waals surface area contributed by atoms with Gasteiger partial charge >= 0.3 is 0 Å². The summed E-state index contributed by atoms with van der Waals surface area (Å²) in [5, 5.41) is 0. The Hall–Kier alpha value is -2.09. The first-order valence-electron chi connectivity index (χ1n) is 7.27. The van der Waals surface area contributed by atoms with Gasteiger partial charge in [0.2, 0.25) is 0 Å². The Morgan fingerprint density at radius 1 is 0.950 bits per heavy atom. The van der Waals surface area contributed by atoms with Crippen LogP contribution in [0, 0.1) is 0 Å². The number of ketones is 1. The molecule has 20 heavy (non-hydrogen) atoms. The van der Waals surface area contributed by atoms with Crippen molar-refractivity contribution in [2.75, 3.05) is 11.4 Å². The van der Waals surface area contributed by atoms with E-state index < -0.39 is 0 Å². The molecule has 0 N–H and O–H groups in total. The molecule has 0 aliphatic carbocycles. The van der Waals surface area contributed by atoms with Gasteiger partial charge in [-0.3, -0.25) is 4.79 Å². The minimum Gasteiger partial charge on any atom is -0.357 e. The SMILES string of the molecule is O=C1CCC2c3ccccc3Cc3ccccc3N2C1. The number of Topliss-reactive ketones (excluding diaryl/α,β-unsaturated/α-hetero) is 1. The Labute approximate surface area is 119 Å². The van der Waals surface area contributed by atoms with Crippen LogP contribution in [0.3, 0.4) is 0 Å². The highest BCUT2D eigenvalue weighted by Gasteiger charge is 2.32. The molecule has 2 aromatic carbocycles. The molecule has 2 heterocycles. The van der Waals surface area contributed by atoms with E-state index in [9.17, 15) is 4.79 Å². The van der Waals surface area contributed by atoms with E-state index in [1.165, 1.54) is 22.4 Å². The van der Waals surface area contributed by atoms with Crippen LogP contribution >= 0.6 is 0 Å². The predicted octanol–water partition coefficient (Wildman–Crippen LogP) is 3.50. The first-order chi connectivity index (χ1) is 9.83. The molecule has 0 amide bonds. The van der Waals surface area contributed by atoms with Crippen LogP contribution in [0.15, 0.2) is 48.5 Å². The van der Waals surface area contributed by atoms with Crippen molar-refractivity contribution in [1.29, 1.82) is 0 Å². The number of benzene rings is 2. The lowest BCUT2D eigenvalue weighted by molar-refractivity contribution is -0.119. The van der Waals surface area contributed by atoms with Gasteiger partial charge in [-0.2, -0.15) is 0 Å². The van der Waals surface area contributed by atoms with Crippen molar-refractivity contribution in [2.45, 2.75) is 25.3 Å². The van der Waals surface area contributed by atoms with Gasteiger partial charge in [-0.1, -0.05) is 42.5 Å². The molecular formula is C18H17NO. The molecule has 0 aromatic heterocycles. The first-order valence-corrected chi connectivity index (χ1v) is 7.27. The highest BCUT2D eigenvalue weighted by atomic mass is 16.1. The van der Waals surface area contributed by atoms with Gasteiger partial charge < -0.3 is 4.90 Å². The van der Waals surface area contributed by atoms with Gasteiger partial charge in [0.25, 0.3) is 0 Å². The lowest BCUT2D eigenvalue weighted by atomic mass is 9.91. The molecule has 0 saturated carbocycles. The van der Waals surface area contributed by atoms with Crippen LogP contribution in [0.1, 0.15) is 35.6 Å². The van der Waals surface area contributed by atoms with Crippen LogP contribution in [-0.4, -0.2) is 12.3 Å². The summed E-state index contributed by atoms with van der Waals surface area (Å²) >= 11 is 0. The van der Waals surface area contributed by atoms with Crippen molar-refractivity contribution in [3.8, 4) is 0 Å². The van der Waals surface area contributed by atoms with Crippen LogP contribution in [0.2, 0.25) is 0 Å². The molecular weight excluding hydrogens is 246 g/mol. The molecule has 1 atom stereocenters. The van der Waals surface area contributed by atoms with Crippen molar-refractivity contribution in [1.82, 2.24) is 0 Å². The van der Waals surface area contributed by atoms with E-state index in [1.807, 2.05) is 0 Å². The third-order valence-corrected chi connectivity index (χ3v) is 4.52. The number of hydrogen-bond donors (Lipinski definition) is 0. The summed E-state index contributed by atoms with van der Waals surface area (Å²) in [6, 6.07) is 17.6. The number of carbonyl (C=O) groups is 1. The lowest BCUT2D eigenvalue weighted by Crippen LogP contribution is -2.38. The zero-order valence-electron chi connectivity index (χ0n) is 11.4. The minimum absolute atomic E-state index is 0.354. The van der Waals surface area contributed by atoms with E-state index in [0.29, 0.717) is 24.8 Å². The summed E-state index contributed by atoms with van der Waals surface area (Å²) in [5.41, 5.74) is 5.37. The molecule has 0 spiro atoms. The summed E-state index contributed by atoms with van der Waals surface area (Å²) in [6.07, 6.45) is 2.61. The molecule has 2 aromatic rings. The third kappa shape index (κ3) is 1.75. The standard InChI is InChI=1S/C18H17NO/c20-15-9-10-18-16-7-3-1-5-13(16)11-14-6-2-4-8-17(14)19(18)12-15/h1-8,18H,9-12H2. The molecule has 1 saturated heterocycles. The third-order valence-electron chi connectivity index (χ3n) is 4.52. The van der Waals surface area contributed by atoms with Gasteiger partial charge in [0.15, 0.2) is 5.78 Å². The van der Waals surface area contributed by atoms with Crippen LogP contribution in [0.5, 0.6) is 0 Å². The van der Waals surface area contributed by atoms with Crippen molar-refractivity contribution in [3.05, 3.63) is 65.2 Å². The number of rotatable bonds is 0. The Kier molecular flexibility index (Phi) is 2.62. The fourth-order valence-electron chi connectivity index (χ4n) is 3.58. The topological polar surface area (TPSA) is 20.3 Å². The molecule has 0 radical (unpaired) electrons. The van der Waals surface area contributed by atoms with E-state index in [4.69, 9.17) is 0 Å². The monoisotopic (exact) mass is 263 g/mol. The number of piperidine rings is 1. The lowest BCUT2D eigenvalue weighted by Gasteiger charge is -2.37. The quantitative estimate of drug-likeness (QED) is 0.725.